The van der Waals surface area contributed by atoms with Gasteiger partial charge in [-0.1, -0.05) is 0 Å². The number of ether oxygens (including phenoxy) is 2. The molecule has 0 fully saturated rings. The third-order valence-electron chi connectivity index (χ3n) is 3.13. The molecule has 0 spiro atoms. The van der Waals surface area contributed by atoms with Gasteiger partial charge in [-0.15, -0.1) is 0 Å². The van der Waals surface area contributed by atoms with Crippen LogP contribution in [-0.2, 0) is 0 Å². The van der Waals surface area contributed by atoms with Gasteiger partial charge in [-0.3, -0.25) is 5.43 Å². The molecule has 2 aromatic rings. The van der Waals surface area contributed by atoms with E-state index in [0.717, 1.165) is 0 Å². The molecule has 1 N–H and O–H groups in total. The number of hydrazone groups is 1. The Morgan fingerprint density at radius 1 is 1.04 bits per heavy atom. The normalized spacial score (nSPS) is 11.4. The van der Waals surface area contributed by atoms with Crippen LogP contribution in [0.5, 0.6) is 11.5 Å². The lowest BCUT2D eigenvalue weighted by Gasteiger charge is -2.11. The van der Waals surface area contributed by atoms with E-state index in [9.17, 15) is 17.6 Å². The van der Waals surface area contributed by atoms with Gasteiger partial charge in [0.1, 0.15) is 17.2 Å². The molecule has 128 valence electrons. The van der Waals surface area contributed by atoms with Crippen LogP contribution in [0, 0.1) is 23.5 Å². The van der Waals surface area contributed by atoms with Crippen molar-refractivity contribution in [3.8, 4) is 11.5 Å². The highest BCUT2D eigenvalue weighted by Gasteiger charge is 2.20. The van der Waals surface area contributed by atoms with Gasteiger partial charge in [-0.25, -0.2) is 0 Å². The minimum atomic E-state index is -1.77. The van der Waals surface area contributed by atoms with Crippen molar-refractivity contribution in [1.82, 2.24) is 4.98 Å². The summed E-state index contributed by atoms with van der Waals surface area (Å²) < 4.78 is 63.4. The summed E-state index contributed by atoms with van der Waals surface area (Å²) >= 11 is 0. The molecule has 0 aliphatic carbocycles. The van der Waals surface area contributed by atoms with Crippen LogP contribution < -0.4 is 14.9 Å². The van der Waals surface area contributed by atoms with Crippen molar-refractivity contribution in [2.24, 2.45) is 5.10 Å². The molecule has 0 radical (unpaired) electrons. The number of methoxy groups -OCH3 is 2. The summed E-state index contributed by atoms with van der Waals surface area (Å²) in [6.45, 7) is 1.51. The van der Waals surface area contributed by atoms with Crippen LogP contribution in [0.2, 0.25) is 0 Å². The lowest BCUT2D eigenvalue weighted by molar-refractivity contribution is 0.394. The molecule has 0 atom stereocenters. The van der Waals surface area contributed by atoms with E-state index in [4.69, 9.17) is 9.47 Å². The zero-order valence-electron chi connectivity index (χ0n) is 13.0. The Kier molecular flexibility index (Phi) is 5.22. The fourth-order valence-corrected chi connectivity index (χ4v) is 1.88. The number of nitrogens with zero attached hydrogens (tertiary/aromatic N) is 2. The zero-order chi connectivity index (χ0) is 17.9. The molecule has 0 amide bonds. The molecule has 2 rings (SSSR count). The van der Waals surface area contributed by atoms with Gasteiger partial charge in [0.15, 0.2) is 0 Å². The smallest absolute Gasteiger partial charge is 0.254 e. The van der Waals surface area contributed by atoms with Gasteiger partial charge in [0.2, 0.25) is 11.6 Å². The van der Waals surface area contributed by atoms with Gasteiger partial charge >= 0.3 is 0 Å². The molecule has 0 saturated heterocycles. The molecule has 24 heavy (non-hydrogen) atoms. The first kappa shape index (κ1) is 17.5. The summed E-state index contributed by atoms with van der Waals surface area (Å²) in [5, 5.41) is 3.74. The van der Waals surface area contributed by atoms with Crippen LogP contribution in [0.25, 0.3) is 0 Å². The van der Waals surface area contributed by atoms with Crippen molar-refractivity contribution in [2.75, 3.05) is 19.6 Å². The fraction of sp³-hybridized carbons (Fsp3) is 0.200. The molecule has 0 aliphatic heterocycles. The number of anilines is 1. The molecule has 0 unspecified atom stereocenters. The first-order valence-electron chi connectivity index (χ1n) is 6.61. The van der Waals surface area contributed by atoms with Crippen LogP contribution in [0.4, 0.5) is 23.2 Å². The number of nitrogens with one attached hydrogen (secondary N) is 1. The summed E-state index contributed by atoms with van der Waals surface area (Å²) in [5.74, 6) is -5.96. The van der Waals surface area contributed by atoms with Gasteiger partial charge in [-0.2, -0.15) is 27.6 Å². The molecule has 5 nitrogen and oxygen atoms in total. The fourth-order valence-electron chi connectivity index (χ4n) is 1.88. The predicted molar refractivity (Wildman–Crippen MR) is 79.4 cm³/mol. The lowest BCUT2D eigenvalue weighted by Crippen LogP contribution is -2.08. The Labute approximate surface area is 134 Å². The summed E-state index contributed by atoms with van der Waals surface area (Å²) in [7, 11) is 2.90. The third kappa shape index (κ3) is 3.39. The highest BCUT2D eigenvalue weighted by Crippen LogP contribution is 2.26. The molecular weight excluding hydrogens is 330 g/mol. The second-order valence-electron chi connectivity index (χ2n) is 4.57. The summed E-state index contributed by atoms with van der Waals surface area (Å²) in [6, 6.07) is 4.82. The first-order chi connectivity index (χ1) is 11.4. The highest BCUT2D eigenvalue weighted by molar-refractivity contribution is 6.01. The first-order valence-corrected chi connectivity index (χ1v) is 6.61. The minimum Gasteiger partial charge on any atom is -0.497 e. The summed E-state index contributed by atoms with van der Waals surface area (Å²) in [4.78, 5) is 2.46. The van der Waals surface area contributed by atoms with Crippen molar-refractivity contribution in [3.63, 3.8) is 0 Å². The van der Waals surface area contributed by atoms with Crippen molar-refractivity contribution in [1.29, 1.82) is 0 Å². The quantitative estimate of drug-likeness (QED) is 0.391. The number of rotatable bonds is 5. The van der Waals surface area contributed by atoms with Crippen molar-refractivity contribution in [2.45, 2.75) is 6.92 Å². The van der Waals surface area contributed by atoms with Gasteiger partial charge in [-0.05, 0) is 19.1 Å². The van der Waals surface area contributed by atoms with E-state index in [2.05, 4.69) is 10.1 Å². The van der Waals surface area contributed by atoms with E-state index in [-0.39, 0.29) is 5.71 Å². The van der Waals surface area contributed by atoms with E-state index in [1.165, 1.54) is 21.1 Å². The van der Waals surface area contributed by atoms with E-state index in [1.54, 1.807) is 18.2 Å². The third-order valence-corrected chi connectivity index (χ3v) is 3.13. The van der Waals surface area contributed by atoms with Crippen LogP contribution >= 0.6 is 0 Å². The predicted octanol–water partition coefficient (Wildman–Crippen LogP) is 3.49. The standard InChI is InChI=1S/C15H13F4N3O2/c1-7(9-5-4-8(23-2)6-10(9)24-3)21-22-13-11(16)14(18)20-15(19)12(13)17/h4-6H,1-3H3,(H,20,22)/b21-7+. The van der Waals surface area contributed by atoms with Gasteiger partial charge < -0.3 is 9.47 Å². The van der Waals surface area contributed by atoms with Crippen LogP contribution in [-0.4, -0.2) is 24.9 Å². The number of benzene rings is 1. The van der Waals surface area contributed by atoms with Gasteiger partial charge in [0.05, 0.1) is 19.9 Å². The lowest BCUT2D eigenvalue weighted by atomic mass is 10.1. The average Bonchev–Trinajstić information content (AvgIpc) is 2.59. The van der Waals surface area contributed by atoms with Crippen molar-refractivity contribution >= 4 is 11.4 Å². The van der Waals surface area contributed by atoms with E-state index in [1.807, 2.05) is 5.43 Å². The Morgan fingerprint density at radius 3 is 2.21 bits per heavy atom. The van der Waals surface area contributed by atoms with Gasteiger partial charge in [0.25, 0.3) is 11.9 Å². The Hall–Kier alpha value is -2.84. The number of halogens is 4. The van der Waals surface area contributed by atoms with Crippen LogP contribution in [0.3, 0.4) is 0 Å². The molecule has 0 aliphatic rings. The van der Waals surface area contributed by atoms with Crippen LogP contribution in [0.15, 0.2) is 23.3 Å². The Bertz CT molecular complexity index is 771. The second-order valence-corrected chi connectivity index (χ2v) is 4.57. The molecule has 1 aromatic heterocycles. The van der Waals surface area contributed by atoms with Crippen molar-refractivity contribution < 1.29 is 27.0 Å². The number of hydrogen-bond donors (Lipinski definition) is 1. The van der Waals surface area contributed by atoms with Gasteiger partial charge in [0, 0.05) is 11.6 Å². The van der Waals surface area contributed by atoms with Crippen molar-refractivity contribution in [3.05, 3.63) is 47.3 Å². The molecule has 9 heteroatoms. The largest absolute Gasteiger partial charge is 0.497 e. The van der Waals surface area contributed by atoms with E-state index >= 15 is 0 Å². The maximum absolute atomic E-state index is 13.5. The zero-order valence-corrected chi connectivity index (χ0v) is 13.0. The Balaban J connectivity index is 2.37. The van der Waals surface area contributed by atoms with E-state index in [0.29, 0.717) is 17.1 Å². The number of pyridine rings is 1. The molecule has 0 saturated carbocycles. The average molecular weight is 343 g/mol. The monoisotopic (exact) mass is 343 g/mol. The van der Waals surface area contributed by atoms with E-state index < -0.39 is 29.2 Å². The topological polar surface area (TPSA) is 55.7 Å². The SMILES string of the molecule is COc1ccc(/C(C)=N/Nc2c(F)c(F)nc(F)c2F)c(OC)c1. The maximum atomic E-state index is 13.5. The summed E-state index contributed by atoms with van der Waals surface area (Å²) in [5.41, 5.74) is 1.64. The molecular formula is C15H13F4N3O2. The Morgan fingerprint density at radius 2 is 1.67 bits per heavy atom. The molecule has 0 bridgehead atoms. The maximum Gasteiger partial charge on any atom is 0.254 e. The molecule has 1 heterocycles. The summed E-state index contributed by atoms with van der Waals surface area (Å²) in [6.07, 6.45) is 0. The van der Waals surface area contributed by atoms with Crippen LogP contribution in [0.1, 0.15) is 12.5 Å². The number of hydrogen-bond acceptors (Lipinski definition) is 5. The number of aromatic nitrogens is 1. The minimum absolute atomic E-state index is 0.255. The highest BCUT2D eigenvalue weighted by atomic mass is 19.2. The second kappa shape index (κ2) is 7.16. The molecule has 1 aromatic carbocycles.